The Morgan fingerprint density at radius 3 is 2.72 bits per heavy atom. The first kappa shape index (κ1) is 13.9. The number of phenols is 1. The summed E-state index contributed by atoms with van der Waals surface area (Å²) in [5, 5.41) is 22.5. The number of non-ortho nitro benzene ring substituents is 1. The van der Waals surface area contributed by atoms with Crippen molar-refractivity contribution >= 4 is 17.3 Å². The second-order valence-corrected chi connectivity index (χ2v) is 4.18. The molecule has 0 spiro atoms. The SMILES string of the molecule is CCC(C)(N)C(=O)Nc1cc([N+](=O)[O-])ccc1O. The van der Waals surface area contributed by atoms with Crippen LogP contribution < -0.4 is 11.1 Å². The molecule has 0 radical (unpaired) electrons. The van der Waals surface area contributed by atoms with Gasteiger partial charge in [-0.15, -0.1) is 0 Å². The molecule has 98 valence electrons. The molecular weight excluding hydrogens is 238 g/mol. The second-order valence-electron chi connectivity index (χ2n) is 4.18. The lowest BCUT2D eigenvalue weighted by atomic mass is 9.99. The number of nitrogens with one attached hydrogen (secondary N) is 1. The Kier molecular flexibility index (Phi) is 3.87. The number of phenolic OH excluding ortho intramolecular Hbond substituents is 1. The predicted octanol–water partition coefficient (Wildman–Crippen LogP) is 1.37. The molecule has 0 aromatic heterocycles. The molecule has 0 saturated heterocycles. The lowest BCUT2D eigenvalue weighted by Gasteiger charge is -2.21. The Labute approximate surface area is 104 Å². The number of nitrogens with two attached hydrogens (primary N) is 1. The van der Waals surface area contributed by atoms with Crippen molar-refractivity contribution in [3.63, 3.8) is 0 Å². The highest BCUT2D eigenvalue weighted by atomic mass is 16.6. The van der Waals surface area contributed by atoms with Crippen molar-refractivity contribution < 1.29 is 14.8 Å². The summed E-state index contributed by atoms with van der Waals surface area (Å²) in [5.41, 5.74) is 4.38. The van der Waals surface area contributed by atoms with Crippen LogP contribution in [-0.2, 0) is 4.79 Å². The summed E-state index contributed by atoms with van der Waals surface area (Å²) in [7, 11) is 0. The van der Waals surface area contributed by atoms with Crippen LogP contribution in [0, 0.1) is 10.1 Å². The topological polar surface area (TPSA) is 118 Å². The van der Waals surface area contributed by atoms with E-state index in [-0.39, 0.29) is 17.1 Å². The van der Waals surface area contributed by atoms with Gasteiger partial charge in [-0.3, -0.25) is 14.9 Å². The summed E-state index contributed by atoms with van der Waals surface area (Å²) in [6.45, 7) is 3.28. The maximum absolute atomic E-state index is 11.8. The molecule has 7 heteroatoms. The molecule has 0 fully saturated rings. The summed E-state index contributed by atoms with van der Waals surface area (Å²) < 4.78 is 0. The molecule has 0 aliphatic heterocycles. The highest BCUT2D eigenvalue weighted by molar-refractivity contribution is 5.98. The Balaban J connectivity index is 3.01. The molecule has 1 rings (SSSR count). The molecule has 0 heterocycles. The highest BCUT2D eigenvalue weighted by Gasteiger charge is 2.27. The van der Waals surface area contributed by atoms with Crippen LogP contribution in [0.15, 0.2) is 18.2 Å². The van der Waals surface area contributed by atoms with Gasteiger partial charge in [0.2, 0.25) is 5.91 Å². The number of hydrogen-bond donors (Lipinski definition) is 3. The first-order chi connectivity index (χ1) is 8.27. The lowest BCUT2D eigenvalue weighted by Crippen LogP contribution is -2.47. The van der Waals surface area contributed by atoms with Gasteiger partial charge in [0, 0.05) is 12.1 Å². The molecule has 0 aliphatic rings. The van der Waals surface area contributed by atoms with Gasteiger partial charge in [0.15, 0.2) is 0 Å². The first-order valence-electron chi connectivity index (χ1n) is 5.35. The summed E-state index contributed by atoms with van der Waals surface area (Å²) in [5.74, 6) is -0.762. The van der Waals surface area contributed by atoms with E-state index in [0.717, 1.165) is 18.2 Å². The number of nitro benzene ring substituents is 1. The fourth-order valence-corrected chi connectivity index (χ4v) is 1.16. The van der Waals surface area contributed by atoms with E-state index in [1.54, 1.807) is 6.92 Å². The third kappa shape index (κ3) is 2.95. The molecule has 1 atom stereocenters. The number of carbonyl (C=O) groups excluding carboxylic acids is 1. The lowest BCUT2D eigenvalue weighted by molar-refractivity contribution is -0.384. The maximum Gasteiger partial charge on any atom is 0.271 e. The number of nitro groups is 1. The van der Waals surface area contributed by atoms with Crippen molar-refractivity contribution in [1.82, 2.24) is 0 Å². The van der Waals surface area contributed by atoms with Gasteiger partial charge in [-0.2, -0.15) is 0 Å². The molecule has 1 unspecified atom stereocenters. The molecule has 1 amide bonds. The molecule has 1 aromatic carbocycles. The van der Waals surface area contributed by atoms with Gasteiger partial charge in [-0.25, -0.2) is 0 Å². The van der Waals surface area contributed by atoms with Gasteiger partial charge >= 0.3 is 0 Å². The van der Waals surface area contributed by atoms with Crippen LogP contribution in [0.1, 0.15) is 20.3 Å². The minimum Gasteiger partial charge on any atom is -0.506 e. The van der Waals surface area contributed by atoms with Crippen molar-refractivity contribution in [2.75, 3.05) is 5.32 Å². The van der Waals surface area contributed by atoms with Gasteiger partial charge in [0.25, 0.3) is 5.69 Å². The Morgan fingerprint density at radius 2 is 2.22 bits per heavy atom. The maximum atomic E-state index is 11.8. The van der Waals surface area contributed by atoms with Crippen molar-refractivity contribution in [2.45, 2.75) is 25.8 Å². The van der Waals surface area contributed by atoms with Gasteiger partial charge < -0.3 is 16.2 Å². The number of benzene rings is 1. The van der Waals surface area contributed by atoms with Gasteiger partial charge in [-0.1, -0.05) is 6.92 Å². The summed E-state index contributed by atoms with van der Waals surface area (Å²) in [6, 6.07) is 3.37. The number of anilines is 1. The number of carbonyl (C=O) groups is 1. The molecule has 1 aromatic rings. The van der Waals surface area contributed by atoms with E-state index in [0.29, 0.717) is 6.42 Å². The molecule has 7 nitrogen and oxygen atoms in total. The molecule has 4 N–H and O–H groups in total. The summed E-state index contributed by atoms with van der Waals surface area (Å²) in [4.78, 5) is 21.8. The number of hydrogen-bond acceptors (Lipinski definition) is 5. The molecule has 0 saturated carbocycles. The van der Waals surface area contributed by atoms with E-state index in [9.17, 15) is 20.0 Å². The average molecular weight is 253 g/mol. The second kappa shape index (κ2) is 5.01. The van der Waals surface area contributed by atoms with Crippen LogP contribution in [0.2, 0.25) is 0 Å². The smallest absolute Gasteiger partial charge is 0.271 e. The van der Waals surface area contributed by atoms with Crippen LogP contribution in [0.4, 0.5) is 11.4 Å². The first-order valence-corrected chi connectivity index (χ1v) is 5.35. The fourth-order valence-electron chi connectivity index (χ4n) is 1.16. The van der Waals surface area contributed by atoms with Gasteiger partial charge in [-0.05, 0) is 19.4 Å². The molecule has 0 bridgehead atoms. The van der Waals surface area contributed by atoms with E-state index in [1.165, 1.54) is 6.92 Å². The third-order valence-corrected chi connectivity index (χ3v) is 2.69. The fraction of sp³-hybridized carbons (Fsp3) is 0.364. The number of rotatable bonds is 4. The highest BCUT2D eigenvalue weighted by Crippen LogP contribution is 2.28. The minimum atomic E-state index is -1.10. The van der Waals surface area contributed by atoms with Crippen molar-refractivity contribution in [3.05, 3.63) is 28.3 Å². The van der Waals surface area contributed by atoms with E-state index in [1.807, 2.05) is 0 Å². The van der Waals surface area contributed by atoms with Crippen molar-refractivity contribution in [3.8, 4) is 5.75 Å². The van der Waals surface area contributed by atoms with Crippen LogP contribution in [-0.4, -0.2) is 21.5 Å². The number of aromatic hydroxyl groups is 1. The van der Waals surface area contributed by atoms with E-state index in [2.05, 4.69) is 5.32 Å². The molecular formula is C11H15N3O4. The Morgan fingerprint density at radius 1 is 1.61 bits per heavy atom. The van der Waals surface area contributed by atoms with E-state index in [4.69, 9.17) is 5.73 Å². The van der Waals surface area contributed by atoms with E-state index >= 15 is 0 Å². The molecule has 18 heavy (non-hydrogen) atoms. The predicted molar refractivity (Wildman–Crippen MR) is 66.3 cm³/mol. The quantitative estimate of drug-likeness (QED) is 0.425. The van der Waals surface area contributed by atoms with Crippen LogP contribution in [0.25, 0.3) is 0 Å². The largest absolute Gasteiger partial charge is 0.506 e. The zero-order valence-corrected chi connectivity index (χ0v) is 10.1. The summed E-state index contributed by atoms with van der Waals surface area (Å²) in [6.07, 6.45) is 0.397. The summed E-state index contributed by atoms with van der Waals surface area (Å²) >= 11 is 0. The van der Waals surface area contributed by atoms with E-state index < -0.39 is 16.4 Å². The van der Waals surface area contributed by atoms with Crippen molar-refractivity contribution in [1.29, 1.82) is 0 Å². The Hall–Kier alpha value is -2.15. The normalized spacial score (nSPS) is 13.7. The van der Waals surface area contributed by atoms with Crippen LogP contribution >= 0.6 is 0 Å². The minimum absolute atomic E-state index is 0.0284. The monoisotopic (exact) mass is 253 g/mol. The van der Waals surface area contributed by atoms with Crippen LogP contribution in [0.3, 0.4) is 0 Å². The zero-order chi connectivity index (χ0) is 13.9. The van der Waals surface area contributed by atoms with Gasteiger partial charge in [0.05, 0.1) is 16.1 Å². The zero-order valence-electron chi connectivity index (χ0n) is 10.1. The number of nitrogens with zero attached hydrogens (tertiary/aromatic N) is 1. The van der Waals surface area contributed by atoms with Gasteiger partial charge in [0.1, 0.15) is 5.75 Å². The Bertz CT molecular complexity index is 485. The molecule has 0 aliphatic carbocycles. The number of amides is 1. The third-order valence-electron chi connectivity index (χ3n) is 2.69. The standard InChI is InChI=1S/C11H15N3O4/c1-3-11(2,12)10(16)13-8-6-7(14(17)18)4-5-9(8)15/h4-6,15H,3,12H2,1-2H3,(H,13,16). The van der Waals surface area contributed by atoms with Crippen molar-refractivity contribution in [2.24, 2.45) is 5.73 Å². The average Bonchev–Trinajstić information content (AvgIpc) is 2.31. The van der Waals surface area contributed by atoms with Crippen LogP contribution in [0.5, 0.6) is 5.75 Å².